The fraction of sp³-hybridized carbons (Fsp3) is 0.333. The first-order valence-corrected chi connectivity index (χ1v) is 5.41. The molecule has 1 atom stereocenters. The van der Waals surface area contributed by atoms with E-state index in [2.05, 4.69) is 10.5 Å². The molecule has 2 rings (SSSR count). The lowest BCUT2D eigenvalue weighted by Crippen LogP contribution is -2.31. The van der Waals surface area contributed by atoms with Crippen LogP contribution < -0.4 is 5.43 Å². The van der Waals surface area contributed by atoms with Crippen LogP contribution in [-0.2, 0) is 4.79 Å². The molecule has 1 unspecified atom stereocenters. The Labute approximate surface area is 98.8 Å². The van der Waals surface area contributed by atoms with Crippen LogP contribution in [0.25, 0.3) is 0 Å². The van der Waals surface area contributed by atoms with Crippen molar-refractivity contribution in [1.29, 1.82) is 0 Å². The maximum absolute atomic E-state index is 11.1. The highest BCUT2D eigenvalue weighted by Gasteiger charge is 2.21. The van der Waals surface area contributed by atoms with E-state index in [1.807, 2.05) is 6.92 Å². The number of aliphatic hydroxyl groups excluding tert-OH is 1. The molecule has 0 spiro atoms. The normalized spacial score (nSPS) is 20.1. The second-order valence-electron chi connectivity index (χ2n) is 4.13. The number of amides is 1. The number of hydrogen-bond donors (Lipinski definition) is 3. The molecule has 1 aromatic rings. The van der Waals surface area contributed by atoms with Gasteiger partial charge in [0.1, 0.15) is 0 Å². The van der Waals surface area contributed by atoms with Crippen LogP contribution in [0.1, 0.15) is 30.8 Å². The molecule has 0 saturated carbocycles. The van der Waals surface area contributed by atoms with Crippen molar-refractivity contribution in [3.05, 3.63) is 35.4 Å². The number of hydrazone groups is 1. The number of benzene rings is 1. The lowest BCUT2D eigenvalue weighted by molar-refractivity contribution is -0.121. The van der Waals surface area contributed by atoms with Crippen LogP contribution in [0.5, 0.6) is 0 Å². The summed E-state index contributed by atoms with van der Waals surface area (Å²) in [6, 6.07) is 6.79. The smallest absolute Gasteiger partial charge is 0.240 e. The Kier molecular flexibility index (Phi) is 3.21. The molecule has 1 amide bonds. The summed E-state index contributed by atoms with van der Waals surface area (Å²) in [6.45, 7) is 1.94. The minimum absolute atomic E-state index is 0.0636. The van der Waals surface area contributed by atoms with E-state index in [-0.39, 0.29) is 11.8 Å². The van der Waals surface area contributed by atoms with Gasteiger partial charge in [0, 0.05) is 17.9 Å². The van der Waals surface area contributed by atoms with Crippen molar-refractivity contribution in [1.82, 2.24) is 5.43 Å². The molecule has 0 bridgehead atoms. The van der Waals surface area contributed by atoms with E-state index in [4.69, 9.17) is 10.2 Å². The summed E-state index contributed by atoms with van der Waals surface area (Å²) in [5.74, 6) is -0.0164. The molecule has 3 N–H and O–H groups in total. The molecule has 1 heterocycles. The summed E-state index contributed by atoms with van der Waals surface area (Å²) in [5, 5.41) is 22.0. The number of carbonyl (C=O) groups is 1. The van der Waals surface area contributed by atoms with Gasteiger partial charge in [-0.3, -0.25) is 4.79 Å². The van der Waals surface area contributed by atoms with Crippen molar-refractivity contribution in [2.45, 2.75) is 19.6 Å². The third kappa shape index (κ3) is 2.51. The van der Waals surface area contributed by atoms with Crippen LogP contribution >= 0.6 is 0 Å². The summed E-state index contributed by atoms with van der Waals surface area (Å²) in [5.41, 5.74) is 4.57. The molecule has 1 aliphatic heterocycles. The van der Waals surface area contributed by atoms with Crippen molar-refractivity contribution in [2.24, 2.45) is 11.0 Å². The standard InChI is InChI=1S/C12H14N2O3/c1-7-6-10(15)13-14-11(7)8-2-4-9(5-3-8)12(16)17/h2-5,7,12,16-17H,6H2,1H3,(H,13,15). The monoisotopic (exact) mass is 234 g/mol. The zero-order valence-corrected chi connectivity index (χ0v) is 9.42. The first kappa shape index (κ1) is 11.8. The Hall–Kier alpha value is -1.72. The van der Waals surface area contributed by atoms with Crippen LogP contribution in [0, 0.1) is 5.92 Å². The summed E-state index contributed by atoms with van der Waals surface area (Å²) < 4.78 is 0. The number of carbonyl (C=O) groups excluding carboxylic acids is 1. The number of nitrogens with zero attached hydrogens (tertiary/aromatic N) is 1. The Morgan fingerprint density at radius 2 is 2.00 bits per heavy atom. The first-order chi connectivity index (χ1) is 8.08. The Balaban J connectivity index is 2.25. The lowest BCUT2D eigenvalue weighted by atomic mass is 9.93. The third-order valence-electron chi connectivity index (χ3n) is 2.76. The molecule has 17 heavy (non-hydrogen) atoms. The minimum Gasteiger partial charge on any atom is -0.364 e. The molecule has 0 aromatic heterocycles. The summed E-state index contributed by atoms with van der Waals surface area (Å²) >= 11 is 0. The molecular weight excluding hydrogens is 220 g/mol. The average molecular weight is 234 g/mol. The van der Waals surface area contributed by atoms with Gasteiger partial charge in [-0.25, -0.2) is 5.43 Å². The molecule has 1 aromatic carbocycles. The largest absolute Gasteiger partial charge is 0.364 e. The predicted octanol–water partition coefficient (Wildman–Crippen LogP) is 0.530. The number of aliphatic hydroxyl groups is 2. The Bertz CT molecular complexity index is 451. The van der Waals surface area contributed by atoms with E-state index >= 15 is 0 Å². The van der Waals surface area contributed by atoms with E-state index in [1.54, 1.807) is 24.3 Å². The van der Waals surface area contributed by atoms with Gasteiger partial charge in [0.15, 0.2) is 6.29 Å². The van der Waals surface area contributed by atoms with Gasteiger partial charge in [0.2, 0.25) is 5.91 Å². The maximum Gasteiger partial charge on any atom is 0.240 e. The highest BCUT2D eigenvalue weighted by atomic mass is 16.5. The first-order valence-electron chi connectivity index (χ1n) is 5.41. The molecule has 0 saturated heterocycles. The van der Waals surface area contributed by atoms with Crippen LogP contribution in [0.15, 0.2) is 29.4 Å². The molecule has 0 fully saturated rings. The zero-order chi connectivity index (χ0) is 12.4. The molecule has 90 valence electrons. The van der Waals surface area contributed by atoms with Gasteiger partial charge in [0.05, 0.1) is 5.71 Å². The van der Waals surface area contributed by atoms with Crippen LogP contribution in [-0.4, -0.2) is 21.8 Å². The molecule has 5 heteroatoms. The second-order valence-corrected chi connectivity index (χ2v) is 4.13. The zero-order valence-electron chi connectivity index (χ0n) is 9.42. The van der Waals surface area contributed by atoms with Crippen LogP contribution in [0.3, 0.4) is 0 Å². The van der Waals surface area contributed by atoms with Gasteiger partial charge in [-0.15, -0.1) is 0 Å². The second kappa shape index (κ2) is 4.65. The number of rotatable bonds is 2. The number of nitrogens with one attached hydrogen (secondary N) is 1. The quantitative estimate of drug-likeness (QED) is 0.653. The van der Waals surface area contributed by atoms with E-state index < -0.39 is 6.29 Å². The maximum atomic E-state index is 11.1. The van der Waals surface area contributed by atoms with Crippen molar-refractivity contribution in [3.63, 3.8) is 0 Å². The summed E-state index contributed by atoms with van der Waals surface area (Å²) in [4.78, 5) is 11.1. The van der Waals surface area contributed by atoms with E-state index in [1.165, 1.54) is 0 Å². The average Bonchev–Trinajstić information content (AvgIpc) is 2.29. The van der Waals surface area contributed by atoms with Gasteiger partial charge in [-0.1, -0.05) is 31.2 Å². The molecule has 5 nitrogen and oxygen atoms in total. The predicted molar refractivity (Wildman–Crippen MR) is 62.1 cm³/mol. The highest BCUT2D eigenvalue weighted by Crippen LogP contribution is 2.18. The topological polar surface area (TPSA) is 81.9 Å². The molecule has 0 aliphatic carbocycles. The van der Waals surface area contributed by atoms with E-state index in [9.17, 15) is 4.79 Å². The Morgan fingerprint density at radius 3 is 2.53 bits per heavy atom. The SMILES string of the molecule is CC1CC(=O)NN=C1c1ccc(C(O)O)cc1. The van der Waals surface area contributed by atoms with Gasteiger partial charge in [0.25, 0.3) is 0 Å². The molecule has 0 radical (unpaired) electrons. The van der Waals surface area contributed by atoms with E-state index in [0.717, 1.165) is 11.3 Å². The van der Waals surface area contributed by atoms with Gasteiger partial charge < -0.3 is 10.2 Å². The van der Waals surface area contributed by atoms with Crippen molar-refractivity contribution in [2.75, 3.05) is 0 Å². The van der Waals surface area contributed by atoms with Crippen molar-refractivity contribution < 1.29 is 15.0 Å². The van der Waals surface area contributed by atoms with E-state index in [0.29, 0.717) is 12.0 Å². The minimum atomic E-state index is -1.46. The fourth-order valence-corrected chi connectivity index (χ4v) is 1.83. The van der Waals surface area contributed by atoms with Gasteiger partial charge in [-0.05, 0) is 5.56 Å². The van der Waals surface area contributed by atoms with Crippen LogP contribution in [0.2, 0.25) is 0 Å². The number of hydrogen-bond acceptors (Lipinski definition) is 4. The Morgan fingerprint density at radius 1 is 1.35 bits per heavy atom. The highest BCUT2D eigenvalue weighted by molar-refractivity contribution is 6.05. The third-order valence-corrected chi connectivity index (χ3v) is 2.76. The molecular formula is C12H14N2O3. The van der Waals surface area contributed by atoms with Crippen molar-refractivity contribution >= 4 is 11.6 Å². The van der Waals surface area contributed by atoms with Gasteiger partial charge >= 0.3 is 0 Å². The lowest BCUT2D eigenvalue weighted by Gasteiger charge is -2.19. The summed E-state index contributed by atoms with van der Waals surface area (Å²) in [7, 11) is 0. The van der Waals surface area contributed by atoms with Crippen molar-refractivity contribution in [3.8, 4) is 0 Å². The molecule has 1 aliphatic rings. The van der Waals surface area contributed by atoms with Gasteiger partial charge in [-0.2, -0.15) is 5.10 Å². The summed E-state index contributed by atoms with van der Waals surface area (Å²) in [6.07, 6.45) is -1.04. The fourth-order valence-electron chi connectivity index (χ4n) is 1.83. The van der Waals surface area contributed by atoms with Crippen LogP contribution in [0.4, 0.5) is 0 Å².